The lowest BCUT2D eigenvalue weighted by Gasteiger charge is -2.36. The third-order valence-corrected chi connectivity index (χ3v) is 3.70. The minimum Gasteiger partial charge on any atom is -0.384 e. The third kappa shape index (κ3) is 3.55. The Morgan fingerprint density at radius 1 is 1.47 bits per heavy atom. The molecule has 0 bridgehead atoms. The van der Waals surface area contributed by atoms with E-state index in [0.29, 0.717) is 5.92 Å². The zero-order valence-corrected chi connectivity index (χ0v) is 11.4. The second-order valence-electron chi connectivity index (χ2n) is 5.17. The van der Waals surface area contributed by atoms with Gasteiger partial charge in [0.2, 0.25) is 5.91 Å². The van der Waals surface area contributed by atoms with Crippen LogP contribution in [0.15, 0.2) is 30.3 Å². The maximum atomic E-state index is 11.8. The highest BCUT2D eigenvalue weighted by Crippen LogP contribution is 2.26. The van der Waals surface area contributed by atoms with Crippen LogP contribution in [-0.4, -0.2) is 37.6 Å². The van der Waals surface area contributed by atoms with Gasteiger partial charge in [-0.05, 0) is 30.9 Å². The summed E-state index contributed by atoms with van der Waals surface area (Å²) in [6.07, 6.45) is 2.25. The molecule has 1 aliphatic heterocycles. The summed E-state index contributed by atoms with van der Waals surface area (Å²) in [4.78, 5) is 14.0. The van der Waals surface area contributed by atoms with Crippen LogP contribution in [0.2, 0.25) is 0 Å². The van der Waals surface area contributed by atoms with Crippen molar-refractivity contribution < 1.29 is 9.53 Å². The summed E-state index contributed by atoms with van der Waals surface area (Å²) < 4.78 is 5.23. The number of rotatable bonds is 5. The van der Waals surface area contributed by atoms with E-state index in [4.69, 9.17) is 10.5 Å². The van der Waals surface area contributed by atoms with Crippen molar-refractivity contribution in [3.8, 4) is 0 Å². The number of piperidine rings is 1. The first kappa shape index (κ1) is 14.0. The Morgan fingerprint density at radius 2 is 2.21 bits per heavy atom. The van der Waals surface area contributed by atoms with E-state index in [2.05, 4.69) is 4.90 Å². The predicted molar refractivity (Wildman–Crippen MR) is 74.6 cm³/mol. The number of benzene rings is 1. The zero-order valence-electron chi connectivity index (χ0n) is 11.4. The van der Waals surface area contributed by atoms with Gasteiger partial charge in [-0.2, -0.15) is 0 Å². The van der Waals surface area contributed by atoms with E-state index in [1.54, 1.807) is 7.11 Å². The summed E-state index contributed by atoms with van der Waals surface area (Å²) in [5.41, 5.74) is 6.59. The molecule has 1 aliphatic rings. The van der Waals surface area contributed by atoms with Crippen LogP contribution in [0.1, 0.15) is 24.4 Å². The van der Waals surface area contributed by atoms with Crippen molar-refractivity contribution in [3.63, 3.8) is 0 Å². The zero-order chi connectivity index (χ0) is 13.7. The fourth-order valence-corrected chi connectivity index (χ4v) is 2.89. The Kier molecular flexibility index (Phi) is 4.93. The van der Waals surface area contributed by atoms with Crippen LogP contribution in [-0.2, 0) is 9.53 Å². The van der Waals surface area contributed by atoms with Gasteiger partial charge in [0.15, 0.2) is 0 Å². The number of hydrogen-bond donors (Lipinski definition) is 1. The Hall–Kier alpha value is -1.39. The highest BCUT2D eigenvalue weighted by atomic mass is 16.5. The minimum atomic E-state index is -0.319. The Labute approximate surface area is 114 Å². The maximum Gasteiger partial charge on any atom is 0.239 e. The molecule has 104 valence electrons. The third-order valence-electron chi connectivity index (χ3n) is 3.70. The van der Waals surface area contributed by atoms with Crippen LogP contribution in [0.25, 0.3) is 0 Å². The maximum absolute atomic E-state index is 11.8. The predicted octanol–water partition coefficient (Wildman–Crippen LogP) is 1.57. The molecule has 2 rings (SSSR count). The average molecular weight is 262 g/mol. The number of primary amides is 1. The molecular weight excluding hydrogens is 240 g/mol. The van der Waals surface area contributed by atoms with Gasteiger partial charge in [0.1, 0.15) is 6.04 Å². The molecule has 0 aromatic heterocycles. The molecule has 0 aliphatic carbocycles. The number of ether oxygens (including phenoxy) is 1. The molecule has 0 spiro atoms. The van der Waals surface area contributed by atoms with Gasteiger partial charge in [0, 0.05) is 13.7 Å². The number of amides is 1. The van der Waals surface area contributed by atoms with E-state index >= 15 is 0 Å². The minimum absolute atomic E-state index is 0.274. The van der Waals surface area contributed by atoms with E-state index in [-0.39, 0.29) is 11.9 Å². The molecule has 1 heterocycles. The number of hydrogen-bond acceptors (Lipinski definition) is 3. The summed E-state index contributed by atoms with van der Waals surface area (Å²) in [7, 11) is 1.72. The summed E-state index contributed by atoms with van der Waals surface area (Å²) in [5, 5.41) is 0. The lowest BCUT2D eigenvalue weighted by atomic mass is 9.95. The van der Waals surface area contributed by atoms with Crippen LogP contribution >= 0.6 is 0 Å². The first-order chi connectivity index (χ1) is 9.22. The SMILES string of the molecule is COC[C@@H]1CCCN([C@@H](C(N)=O)c2ccccc2)C1. The molecule has 2 N–H and O–H groups in total. The molecule has 0 radical (unpaired) electrons. The molecule has 19 heavy (non-hydrogen) atoms. The summed E-state index contributed by atoms with van der Waals surface area (Å²) in [6, 6.07) is 9.46. The topological polar surface area (TPSA) is 55.6 Å². The number of carbonyl (C=O) groups excluding carboxylic acids is 1. The molecular formula is C15H22N2O2. The van der Waals surface area contributed by atoms with E-state index < -0.39 is 0 Å². The van der Waals surface area contributed by atoms with E-state index in [1.165, 1.54) is 0 Å². The Morgan fingerprint density at radius 3 is 2.84 bits per heavy atom. The summed E-state index contributed by atoms with van der Waals surface area (Å²) in [5.74, 6) is 0.216. The van der Waals surface area contributed by atoms with Gasteiger partial charge in [0.25, 0.3) is 0 Å². The highest BCUT2D eigenvalue weighted by Gasteiger charge is 2.30. The average Bonchev–Trinajstić information content (AvgIpc) is 2.40. The lowest BCUT2D eigenvalue weighted by molar-refractivity contribution is -0.124. The van der Waals surface area contributed by atoms with Crippen molar-refractivity contribution in [2.45, 2.75) is 18.9 Å². The van der Waals surface area contributed by atoms with Crippen LogP contribution in [0.3, 0.4) is 0 Å². The number of carbonyl (C=O) groups is 1. The van der Waals surface area contributed by atoms with Crippen LogP contribution in [0.4, 0.5) is 0 Å². The van der Waals surface area contributed by atoms with Gasteiger partial charge < -0.3 is 10.5 Å². The van der Waals surface area contributed by atoms with Crippen molar-refractivity contribution in [1.82, 2.24) is 4.90 Å². The number of nitrogens with zero attached hydrogens (tertiary/aromatic N) is 1. The smallest absolute Gasteiger partial charge is 0.239 e. The molecule has 1 aromatic rings. The number of methoxy groups -OCH3 is 1. The second kappa shape index (κ2) is 6.68. The van der Waals surface area contributed by atoms with E-state index in [9.17, 15) is 4.79 Å². The largest absolute Gasteiger partial charge is 0.384 e. The number of nitrogens with two attached hydrogens (primary N) is 1. The van der Waals surface area contributed by atoms with Crippen molar-refractivity contribution in [2.75, 3.05) is 26.8 Å². The standard InChI is InChI=1S/C15H22N2O2/c1-19-11-12-6-5-9-17(10-12)14(15(16)18)13-7-3-2-4-8-13/h2-4,7-8,12,14H,5-6,9-11H2,1H3,(H2,16,18)/t12-,14-/m1/s1. The molecule has 1 aromatic carbocycles. The molecule has 0 saturated carbocycles. The van der Waals surface area contributed by atoms with Crippen molar-refractivity contribution in [2.24, 2.45) is 11.7 Å². The van der Waals surface area contributed by atoms with Gasteiger partial charge in [-0.1, -0.05) is 30.3 Å². The first-order valence-electron chi connectivity index (χ1n) is 6.79. The van der Waals surface area contributed by atoms with E-state index in [0.717, 1.165) is 38.1 Å². The van der Waals surface area contributed by atoms with Crippen molar-refractivity contribution >= 4 is 5.91 Å². The highest BCUT2D eigenvalue weighted by molar-refractivity contribution is 5.81. The molecule has 1 saturated heterocycles. The lowest BCUT2D eigenvalue weighted by Crippen LogP contribution is -2.44. The fraction of sp³-hybridized carbons (Fsp3) is 0.533. The van der Waals surface area contributed by atoms with Crippen molar-refractivity contribution in [3.05, 3.63) is 35.9 Å². The van der Waals surface area contributed by atoms with Gasteiger partial charge in [-0.15, -0.1) is 0 Å². The summed E-state index contributed by atoms with van der Waals surface area (Å²) >= 11 is 0. The fourth-order valence-electron chi connectivity index (χ4n) is 2.89. The first-order valence-corrected chi connectivity index (χ1v) is 6.79. The summed E-state index contributed by atoms with van der Waals surface area (Å²) in [6.45, 7) is 2.54. The monoisotopic (exact) mass is 262 g/mol. The Balaban J connectivity index is 2.13. The molecule has 4 nitrogen and oxygen atoms in total. The van der Waals surface area contributed by atoms with Gasteiger partial charge >= 0.3 is 0 Å². The normalized spacial score (nSPS) is 22.1. The Bertz CT molecular complexity index is 406. The van der Waals surface area contributed by atoms with Gasteiger partial charge in [0.05, 0.1) is 6.61 Å². The number of likely N-dealkylation sites (tertiary alicyclic amines) is 1. The quantitative estimate of drug-likeness (QED) is 0.876. The van der Waals surface area contributed by atoms with Crippen molar-refractivity contribution in [1.29, 1.82) is 0 Å². The van der Waals surface area contributed by atoms with Crippen LogP contribution < -0.4 is 5.73 Å². The van der Waals surface area contributed by atoms with E-state index in [1.807, 2.05) is 30.3 Å². The van der Waals surface area contributed by atoms with Crippen LogP contribution in [0, 0.1) is 5.92 Å². The molecule has 4 heteroatoms. The molecule has 0 unspecified atom stereocenters. The molecule has 1 fully saturated rings. The van der Waals surface area contributed by atoms with Crippen LogP contribution in [0.5, 0.6) is 0 Å². The molecule has 2 atom stereocenters. The van der Waals surface area contributed by atoms with Gasteiger partial charge in [-0.3, -0.25) is 9.69 Å². The van der Waals surface area contributed by atoms with Gasteiger partial charge in [-0.25, -0.2) is 0 Å². The molecule has 1 amide bonds. The second-order valence-corrected chi connectivity index (χ2v) is 5.17.